The molecular formula is C14H16N4O2. The lowest BCUT2D eigenvalue weighted by molar-refractivity contribution is 0.262. The highest BCUT2D eigenvalue weighted by Crippen LogP contribution is 2.39. The highest BCUT2D eigenvalue weighted by Gasteiger charge is 2.26. The molecule has 1 saturated carbocycles. The van der Waals surface area contributed by atoms with Gasteiger partial charge in [0.2, 0.25) is 0 Å². The Bertz CT molecular complexity index is 619. The molecule has 20 heavy (non-hydrogen) atoms. The van der Waals surface area contributed by atoms with Crippen LogP contribution in [0.5, 0.6) is 5.75 Å². The van der Waals surface area contributed by atoms with E-state index < -0.39 is 0 Å². The molecule has 0 radical (unpaired) electrons. The summed E-state index contributed by atoms with van der Waals surface area (Å²) in [5.41, 5.74) is 1.63. The van der Waals surface area contributed by atoms with Crippen LogP contribution >= 0.6 is 0 Å². The van der Waals surface area contributed by atoms with Crippen LogP contribution in [0.1, 0.15) is 24.5 Å². The van der Waals surface area contributed by atoms with E-state index in [1.165, 1.54) is 12.8 Å². The Morgan fingerprint density at radius 3 is 2.90 bits per heavy atom. The third-order valence-corrected chi connectivity index (χ3v) is 3.20. The van der Waals surface area contributed by atoms with Crippen molar-refractivity contribution in [2.24, 2.45) is 0 Å². The lowest BCUT2D eigenvalue weighted by Crippen LogP contribution is -2.20. The fourth-order valence-electron chi connectivity index (χ4n) is 2.01. The van der Waals surface area contributed by atoms with Crippen LogP contribution in [0.4, 0.5) is 16.3 Å². The van der Waals surface area contributed by atoms with Crippen molar-refractivity contribution in [1.82, 2.24) is 10.2 Å². The number of amides is 2. The maximum Gasteiger partial charge on any atom is 0.324 e. The Hall–Kier alpha value is -2.50. The van der Waals surface area contributed by atoms with E-state index in [-0.39, 0.29) is 6.03 Å². The highest BCUT2D eigenvalue weighted by molar-refractivity contribution is 6.00. The first-order valence-corrected chi connectivity index (χ1v) is 6.52. The first kappa shape index (κ1) is 12.5. The van der Waals surface area contributed by atoms with Gasteiger partial charge in [-0.3, -0.25) is 10.4 Å². The number of methoxy groups -OCH3 is 1. The average molecular weight is 272 g/mol. The van der Waals surface area contributed by atoms with Gasteiger partial charge in [0.25, 0.3) is 0 Å². The van der Waals surface area contributed by atoms with E-state index in [1.807, 2.05) is 18.2 Å². The molecule has 0 unspecified atom stereocenters. The molecule has 3 N–H and O–H groups in total. The first-order valence-electron chi connectivity index (χ1n) is 6.52. The molecule has 1 aromatic heterocycles. The van der Waals surface area contributed by atoms with Crippen molar-refractivity contribution in [3.63, 3.8) is 0 Å². The Balaban J connectivity index is 1.63. The van der Waals surface area contributed by atoms with Crippen LogP contribution in [0.3, 0.4) is 0 Å². The second-order valence-corrected chi connectivity index (χ2v) is 4.76. The number of urea groups is 1. The van der Waals surface area contributed by atoms with Crippen molar-refractivity contribution in [3.05, 3.63) is 36.0 Å². The van der Waals surface area contributed by atoms with Crippen LogP contribution in [-0.4, -0.2) is 23.3 Å². The maximum atomic E-state index is 11.9. The topological polar surface area (TPSA) is 79.0 Å². The van der Waals surface area contributed by atoms with E-state index in [0.717, 1.165) is 5.69 Å². The number of anilines is 2. The van der Waals surface area contributed by atoms with Crippen LogP contribution < -0.4 is 15.4 Å². The number of nitrogens with one attached hydrogen (secondary N) is 3. The van der Waals surface area contributed by atoms with E-state index in [9.17, 15) is 4.79 Å². The number of aromatic nitrogens is 2. The molecule has 1 aliphatic rings. The van der Waals surface area contributed by atoms with Gasteiger partial charge in [-0.05, 0) is 25.0 Å². The second kappa shape index (κ2) is 5.24. The van der Waals surface area contributed by atoms with Crippen LogP contribution in [0.25, 0.3) is 0 Å². The fraction of sp³-hybridized carbons (Fsp3) is 0.286. The summed E-state index contributed by atoms with van der Waals surface area (Å²) in [5.74, 6) is 1.77. The quantitative estimate of drug-likeness (QED) is 0.800. The van der Waals surface area contributed by atoms with Crippen molar-refractivity contribution in [1.29, 1.82) is 0 Å². The number of benzene rings is 1. The number of carbonyl (C=O) groups excluding carboxylic acids is 1. The number of hydrogen-bond acceptors (Lipinski definition) is 3. The zero-order valence-electron chi connectivity index (χ0n) is 11.1. The van der Waals surface area contributed by atoms with Gasteiger partial charge in [-0.1, -0.05) is 12.1 Å². The Morgan fingerprint density at radius 2 is 2.15 bits per heavy atom. The standard InChI is InChI=1S/C14H16N4O2/c1-20-12-5-3-2-4-10(12)15-14(19)16-13-8-11(17-18-13)9-6-7-9/h2-5,8-9H,6-7H2,1H3,(H3,15,16,17,18,19). The molecule has 0 atom stereocenters. The van der Waals surface area contributed by atoms with Crippen molar-refractivity contribution < 1.29 is 9.53 Å². The summed E-state index contributed by atoms with van der Waals surface area (Å²) >= 11 is 0. The summed E-state index contributed by atoms with van der Waals surface area (Å²) < 4.78 is 5.18. The maximum absolute atomic E-state index is 11.9. The molecular weight excluding hydrogens is 256 g/mol. The Labute approximate surface area is 116 Å². The minimum Gasteiger partial charge on any atom is -0.495 e. The van der Waals surface area contributed by atoms with Gasteiger partial charge in [-0.2, -0.15) is 5.10 Å². The summed E-state index contributed by atoms with van der Waals surface area (Å²) in [6, 6.07) is 8.79. The van der Waals surface area contributed by atoms with Crippen molar-refractivity contribution in [2.75, 3.05) is 17.7 Å². The highest BCUT2D eigenvalue weighted by atomic mass is 16.5. The van der Waals surface area contributed by atoms with Gasteiger partial charge in [0.15, 0.2) is 0 Å². The SMILES string of the molecule is COc1ccccc1NC(=O)Nc1cc(C2CC2)n[nH]1. The monoisotopic (exact) mass is 272 g/mol. The summed E-state index contributed by atoms with van der Waals surface area (Å²) in [6.45, 7) is 0. The summed E-state index contributed by atoms with van der Waals surface area (Å²) in [4.78, 5) is 11.9. The summed E-state index contributed by atoms with van der Waals surface area (Å²) in [7, 11) is 1.56. The molecule has 1 fully saturated rings. The van der Waals surface area contributed by atoms with Gasteiger partial charge in [-0.25, -0.2) is 4.79 Å². The number of H-pyrrole nitrogens is 1. The van der Waals surface area contributed by atoms with Gasteiger partial charge < -0.3 is 10.1 Å². The van der Waals surface area contributed by atoms with E-state index in [4.69, 9.17) is 4.74 Å². The fourth-order valence-corrected chi connectivity index (χ4v) is 2.01. The largest absolute Gasteiger partial charge is 0.495 e. The normalized spacial score (nSPS) is 13.8. The molecule has 6 nitrogen and oxygen atoms in total. The minimum absolute atomic E-state index is 0.333. The van der Waals surface area contributed by atoms with Crippen LogP contribution in [0, 0.1) is 0 Å². The molecule has 0 bridgehead atoms. The van der Waals surface area contributed by atoms with E-state index in [2.05, 4.69) is 20.8 Å². The second-order valence-electron chi connectivity index (χ2n) is 4.76. The molecule has 1 aliphatic carbocycles. The van der Waals surface area contributed by atoms with E-state index in [0.29, 0.717) is 23.2 Å². The third kappa shape index (κ3) is 2.74. The molecule has 1 aromatic carbocycles. The molecule has 2 aromatic rings. The summed E-state index contributed by atoms with van der Waals surface area (Å²) in [5, 5.41) is 12.5. The molecule has 2 amide bonds. The van der Waals surface area contributed by atoms with Gasteiger partial charge >= 0.3 is 6.03 Å². The molecule has 0 spiro atoms. The average Bonchev–Trinajstić information content (AvgIpc) is 3.20. The zero-order valence-corrected chi connectivity index (χ0v) is 11.1. The predicted octanol–water partition coefficient (Wildman–Crippen LogP) is 2.94. The summed E-state index contributed by atoms with van der Waals surface area (Å²) in [6.07, 6.45) is 2.36. The molecule has 6 heteroatoms. The smallest absolute Gasteiger partial charge is 0.324 e. The number of nitrogens with zero attached hydrogens (tertiary/aromatic N) is 1. The molecule has 0 aliphatic heterocycles. The molecule has 104 valence electrons. The molecule has 3 rings (SSSR count). The Morgan fingerprint density at radius 1 is 1.35 bits per heavy atom. The molecule has 0 saturated heterocycles. The van der Waals surface area contributed by atoms with Gasteiger partial charge in [0.05, 0.1) is 18.5 Å². The number of aromatic amines is 1. The third-order valence-electron chi connectivity index (χ3n) is 3.20. The number of para-hydroxylation sites is 2. The van der Waals surface area contributed by atoms with Crippen LogP contribution in [-0.2, 0) is 0 Å². The van der Waals surface area contributed by atoms with E-state index in [1.54, 1.807) is 19.2 Å². The van der Waals surface area contributed by atoms with Gasteiger partial charge in [0, 0.05) is 12.0 Å². The number of ether oxygens (including phenoxy) is 1. The predicted molar refractivity (Wildman–Crippen MR) is 76.2 cm³/mol. The lowest BCUT2D eigenvalue weighted by Gasteiger charge is -2.09. The van der Waals surface area contributed by atoms with Crippen LogP contribution in [0.2, 0.25) is 0 Å². The lowest BCUT2D eigenvalue weighted by atomic mass is 10.3. The zero-order chi connectivity index (χ0) is 13.9. The first-order chi connectivity index (χ1) is 9.76. The van der Waals surface area contributed by atoms with Gasteiger partial charge in [-0.15, -0.1) is 0 Å². The number of carbonyl (C=O) groups is 1. The minimum atomic E-state index is -0.333. The van der Waals surface area contributed by atoms with E-state index >= 15 is 0 Å². The number of hydrogen-bond donors (Lipinski definition) is 3. The van der Waals surface area contributed by atoms with Crippen molar-refractivity contribution in [3.8, 4) is 5.75 Å². The van der Waals surface area contributed by atoms with Gasteiger partial charge in [0.1, 0.15) is 11.6 Å². The molecule has 1 heterocycles. The van der Waals surface area contributed by atoms with Crippen LogP contribution in [0.15, 0.2) is 30.3 Å². The number of rotatable bonds is 4. The van der Waals surface area contributed by atoms with Crippen molar-refractivity contribution in [2.45, 2.75) is 18.8 Å². The Kier molecular flexibility index (Phi) is 3.28. The van der Waals surface area contributed by atoms with Crippen molar-refractivity contribution >= 4 is 17.5 Å².